The number of rotatable bonds is 53. The summed E-state index contributed by atoms with van der Waals surface area (Å²) in [7, 11) is 1.45. The van der Waals surface area contributed by atoms with E-state index >= 15 is 0 Å². The average Bonchev–Trinajstić information content (AvgIpc) is 3.36. The zero-order chi connectivity index (χ0) is 54.2. The molecule has 0 spiro atoms. The topological polar surface area (TPSA) is 108 Å². The monoisotopic (exact) mass is 1050 g/mol. The van der Waals surface area contributed by atoms with Crippen molar-refractivity contribution in [1.29, 1.82) is 0 Å². The molecule has 0 aromatic heterocycles. The Kier molecular flexibility index (Phi) is 52.0. The number of carbonyl (C=O) groups is 2. The highest BCUT2D eigenvalue weighted by atomic mass is 31.2. The fourth-order valence-corrected chi connectivity index (χ4v) is 8.47. The third kappa shape index (κ3) is 57.9. The molecule has 0 heterocycles. The minimum Gasteiger partial charge on any atom is -0.462 e. The Labute approximate surface area is 455 Å². The van der Waals surface area contributed by atoms with Gasteiger partial charge < -0.3 is 18.9 Å². The van der Waals surface area contributed by atoms with Gasteiger partial charge in [0.25, 0.3) is 0 Å². The number of esters is 2. The minimum atomic E-state index is -4.40. The lowest BCUT2D eigenvalue weighted by Crippen LogP contribution is -2.37. The van der Waals surface area contributed by atoms with Crippen LogP contribution in [0.15, 0.2) is 109 Å². The van der Waals surface area contributed by atoms with E-state index in [4.69, 9.17) is 18.5 Å². The molecule has 0 rings (SSSR count). The Bertz CT molecular complexity index is 1620. The van der Waals surface area contributed by atoms with Crippen LogP contribution in [0.25, 0.3) is 0 Å². The molecule has 0 fully saturated rings. The van der Waals surface area contributed by atoms with Gasteiger partial charge in [-0.2, -0.15) is 0 Å². The van der Waals surface area contributed by atoms with E-state index in [2.05, 4.69) is 123 Å². The number of carbonyl (C=O) groups excluding carboxylic acids is 2. The standard InChI is InChI=1S/C64H110NO8P/c1-6-8-10-12-14-16-18-20-22-24-26-28-30-32-34-36-38-40-42-44-46-48-50-52-54-56-63(66)70-60-62(61-72-74(68,69)71-59-58-65(3,4)5)73-64(67)57-55-53-51-49-47-45-43-41-39-37-35-33-31-29-27-25-23-21-19-17-15-13-11-9-7-2/h9,11,15,17-18,20-21,23-24,26-27,29-30,32-33,35,39,41,62H,6-8,10,12-14,16,19,22,25,28,31,34,36-38,40,42-61H2,1-5H3/p+1/b11-9-,17-15-,20-18-,23-21-,26-24-,29-27-,32-30-,35-33-,41-39-. The first-order valence-electron chi connectivity index (χ1n) is 29.6. The smallest absolute Gasteiger partial charge is 0.462 e. The number of unbranched alkanes of at least 4 members (excludes halogenated alkanes) is 21. The highest BCUT2D eigenvalue weighted by Crippen LogP contribution is 2.43. The first-order chi connectivity index (χ1) is 36.0. The number of phosphoric acid groups is 1. The van der Waals surface area contributed by atoms with E-state index in [1.165, 1.54) is 89.9 Å². The Balaban J connectivity index is 4.24. The van der Waals surface area contributed by atoms with Gasteiger partial charge in [0, 0.05) is 12.8 Å². The summed E-state index contributed by atoms with van der Waals surface area (Å²) in [4.78, 5) is 35.7. The molecule has 0 saturated carbocycles. The van der Waals surface area contributed by atoms with Gasteiger partial charge in [0.1, 0.15) is 19.8 Å². The van der Waals surface area contributed by atoms with Crippen LogP contribution in [0.2, 0.25) is 0 Å². The van der Waals surface area contributed by atoms with Gasteiger partial charge in [-0.25, -0.2) is 4.57 Å². The number of allylic oxidation sites excluding steroid dienone is 18. The number of likely N-dealkylation sites (N-methyl/N-ethyl adjacent to an activating group) is 1. The summed E-state index contributed by atoms with van der Waals surface area (Å²) >= 11 is 0. The number of nitrogens with zero attached hydrogens (tertiary/aromatic N) is 1. The summed E-state index contributed by atoms with van der Waals surface area (Å²) in [5, 5.41) is 0. The van der Waals surface area contributed by atoms with Gasteiger partial charge in [0.2, 0.25) is 0 Å². The van der Waals surface area contributed by atoms with Crippen molar-refractivity contribution in [3.8, 4) is 0 Å². The first-order valence-corrected chi connectivity index (χ1v) is 31.1. The summed E-state index contributed by atoms with van der Waals surface area (Å²) in [6.07, 6.45) is 75.8. The molecule has 1 N–H and O–H groups in total. The average molecular weight is 1050 g/mol. The number of hydrogen-bond acceptors (Lipinski definition) is 7. The molecule has 2 unspecified atom stereocenters. The zero-order valence-corrected chi connectivity index (χ0v) is 48.9. The van der Waals surface area contributed by atoms with Crippen molar-refractivity contribution in [2.45, 2.75) is 238 Å². The van der Waals surface area contributed by atoms with Crippen molar-refractivity contribution in [1.82, 2.24) is 0 Å². The van der Waals surface area contributed by atoms with Gasteiger partial charge in [-0.05, 0) is 103 Å². The zero-order valence-electron chi connectivity index (χ0n) is 48.0. The van der Waals surface area contributed by atoms with Crippen molar-refractivity contribution >= 4 is 19.8 Å². The summed E-state index contributed by atoms with van der Waals surface area (Å²) < 4.78 is 34.6. The van der Waals surface area contributed by atoms with Crippen molar-refractivity contribution < 1.29 is 42.1 Å². The molecule has 0 aliphatic heterocycles. The van der Waals surface area contributed by atoms with Gasteiger partial charge in [-0.3, -0.25) is 18.6 Å². The number of quaternary nitrogens is 1. The van der Waals surface area contributed by atoms with Crippen LogP contribution < -0.4 is 0 Å². The molecular weight excluding hydrogens is 942 g/mol. The molecule has 0 aliphatic carbocycles. The predicted molar refractivity (Wildman–Crippen MR) is 316 cm³/mol. The molecule has 0 aliphatic rings. The second-order valence-corrected chi connectivity index (χ2v) is 22.1. The van der Waals surface area contributed by atoms with Gasteiger partial charge in [-0.15, -0.1) is 0 Å². The van der Waals surface area contributed by atoms with Crippen molar-refractivity contribution in [3.05, 3.63) is 109 Å². The molecular formula is C64H111NO8P+. The van der Waals surface area contributed by atoms with E-state index in [9.17, 15) is 19.0 Å². The van der Waals surface area contributed by atoms with E-state index < -0.39 is 26.5 Å². The number of ether oxygens (including phenoxy) is 2. The summed E-state index contributed by atoms with van der Waals surface area (Å²) in [6, 6.07) is 0. The Morgan fingerprint density at radius 3 is 1.15 bits per heavy atom. The highest BCUT2D eigenvalue weighted by Gasteiger charge is 2.27. The molecule has 424 valence electrons. The third-order valence-corrected chi connectivity index (χ3v) is 13.3. The van der Waals surface area contributed by atoms with E-state index in [0.717, 1.165) is 109 Å². The molecule has 0 aromatic carbocycles. The quantitative estimate of drug-likeness (QED) is 0.0211. The minimum absolute atomic E-state index is 0.0219. The van der Waals surface area contributed by atoms with Gasteiger partial charge in [-0.1, -0.05) is 226 Å². The molecule has 0 amide bonds. The lowest BCUT2D eigenvalue weighted by atomic mass is 10.1. The van der Waals surface area contributed by atoms with Gasteiger partial charge in [0.05, 0.1) is 27.7 Å². The summed E-state index contributed by atoms with van der Waals surface area (Å²) in [5.41, 5.74) is 0. The van der Waals surface area contributed by atoms with Crippen LogP contribution in [-0.2, 0) is 32.7 Å². The van der Waals surface area contributed by atoms with Gasteiger partial charge in [0.15, 0.2) is 6.10 Å². The molecule has 0 radical (unpaired) electrons. The molecule has 10 heteroatoms. The fourth-order valence-electron chi connectivity index (χ4n) is 7.73. The summed E-state index contributed by atoms with van der Waals surface area (Å²) in [5.74, 6) is -0.823. The first kappa shape index (κ1) is 70.7. The highest BCUT2D eigenvalue weighted by molar-refractivity contribution is 7.47. The lowest BCUT2D eigenvalue weighted by molar-refractivity contribution is -0.870. The normalized spacial score (nSPS) is 14.1. The van der Waals surface area contributed by atoms with Crippen LogP contribution in [0.5, 0.6) is 0 Å². The van der Waals surface area contributed by atoms with Crippen LogP contribution in [0.3, 0.4) is 0 Å². The molecule has 74 heavy (non-hydrogen) atoms. The number of phosphoric ester groups is 1. The Morgan fingerprint density at radius 1 is 0.432 bits per heavy atom. The van der Waals surface area contributed by atoms with Crippen LogP contribution >= 0.6 is 7.82 Å². The lowest BCUT2D eigenvalue weighted by Gasteiger charge is -2.24. The van der Waals surface area contributed by atoms with Crippen LogP contribution in [0, 0.1) is 0 Å². The maximum atomic E-state index is 12.8. The van der Waals surface area contributed by atoms with E-state index in [-0.39, 0.29) is 32.0 Å². The van der Waals surface area contributed by atoms with Crippen molar-refractivity contribution in [2.75, 3.05) is 47.5 Å². The van der Waals surface area contributed by atoms with E-state index in [1.54, 1.807) is 0 Å². The van der Waals surface area contributed by atoms with Crippen molar-refractivity contribution in [3.63, 3.8) is 0 Å². The van der Waals surface area contributed by atoms with Crippen LogP contribution in [0.1, 0.15) is 232 Å². The fraction of sp³-hybridized carbons (Fsp3) is 0.688. The Morgan fingerprint density at radius 2 is 0.770 bits per heavy atom. The molecule has 2 atom stereocenters. The molecule has 9 nitrogen and oxygen atoms in total. The van der Waals surface area contributed by atoms with Crippen LogP contribution in [-0.4, -0.2) is 74.9 Å². The third-order valence-electron chi connectivity index (χ3n) is 12.3. The Hall–Kier alpha value is -3.33. The van der Waals surface area contributed by atoms with Crippen molar-refractivity contribution in [2.24, 2.45) is 0 Å². The van der Waals surface area contributed by atoms with E-state index in [1.807, 2.05) is 21.1 Å². The van der Waals surface area contributed by atoms with E-state index in [0.29, 0.717) is 17.4 Å². The number of hydrogen-bond donors (Lipinski definition) is 1. The van der Waals surface area contributed by atoms with Gasteiger partial charge >= 0.3 is 19.8 Å². The second-order valence-electron chi connectivity index (χ2n) is 20.6. The second kappa shape index (κ2) is 54.5. The summed E-state index contributed by atoms with van der Waals surface area (Å²) in [6.45, 7) is 4.28. The molecule has 0 bridgehead atoms. The van der Waals surface area contributed by atoms with Crippen LogP contribution in [0.4, 0.5) is 0 Å². The largest absolute Gasteiger partial charge is 0.472 e. The maximum absolute atomic E-state index is 12.8. The maximum Gasteiger partial charge on any atom is 0.472 e. The predicted octanol–water partition coefficient (Wildman–Crippen LogP) is 18.6. The molecule has 0 aromatic rings. The molecule has 0 saturated heterocycles. The SMILES string of the molecule is CC/C=C\C/C=C\C/C=C\C/C=C\C/C=C\C/C=C\CCCCCCCCC(=O)OC(COC(=O)CCCCCCCCCCCC/C=C\C/C=C\C/C=C\CCCCCCC)COP(=O)(O)OCC[N+](C)(C)C.